The second-order valence-electron chi connectivity index (χ2n) is 15.4. The maximum atomic E-state index is 12.6. The third kappa shape index (κ3) is 39.7. The van der Waals surface area contributed by atoms with Gasteiger partial charge in [0.25, 0.3) is 0 Å². The zero-order valence-corrected chi connectivity index (χ0v) is 36.1. The van der Waals surface area contributed by atoms with Crippen LogP contribution in [-0.4, -0.2) is 74.9 Å². The third-order valence-corrected chi connectivity index (χ3v) is 9.82. The Balaban J connectivity index is 4.43. The number of phosphoric ester groups is 1. The van der Waals surface area contributed by atoms with Gasteiger partial charge in [-0.05, 0) is 77.0 Å². The van der Waals surface area contributed by atoms with E-state index >= 15 is 0 Å². The van der Waals surface area contributed by atoms with Crippen LogP contribution in [-0.2, 0) is 32.7 Å². The van der Waals surface area contributed by atoms with Crippen molar-refractivity contribution < 1.29 is 42.1 Å². The van der Waals surface area contributed by atoms with Crippen LogP contribution in [0.15, 0.2) is 48.6 Å². The van der Waals surface area contributed by atoms with Gasteiger partial charge in [-0.2, -0.15) is 0 Å². The summed E-state index contributed by atoms with van der Waals surface area (Å²) in [5.41, 5.74) is 0. The van der Waals surface area contributed by atoms with E-state index in [4.69, 9.17) is 18.5 Å². The van der Waals surface area contributed by atoms with Crippen LogP contribution in [0.1, 0.15) is 168 Å². The predicted octanol–water partition coefficient (Wildman–Crippen LogP) is 11.9. The fourth-order valence-electron chi connectivity index (χ4n) is 5.43. The van der Waals surface area contributed by atoms with Gasteiger partial charge in [0, 0.05) is 12.8 Å². The minimum absolute atomic E-state index is 0.0248. The van der Waals surface area contributed by atoms with Crippen molar-refractivity contribution in [2.24, 2.45) is 0 Å². The van der Waals surface area contributed by atoms with Crippen molar-refractivity contribution in [3.63, 3.8) is 0 Å². The number of nitrogens with zero attached hydrogens (tertiary/aromatic N) is 1. The summed E-state index contributed by atoms with van der Waals surface area (Å²) in [6.07, 6.45) is 41.5. The van der Waals surface area contributed by atoms with Gasteiger partial charge in [-0.15, -0.1) is 0 Å². The standard InChI is InChI=1S/C44H80NO8P/c1-6-8-10-12-14-16-18-20-21-22-23-25-26-28-30-32-34-36-43(46)50-40-42(41-52-54(48,49)51-39-38-45(3,4)5)53-44(47)37-35-33-31-29-27-24-19-17-15-13-11-9-7-2/h14,16-17,19-21,23,25,42H,6-13,15,18,22,24,26-41H2,1-5H3/p+1/b16-14+,19-17+,21-20+,25-23+/t42-/m1/s1. The molecule has 0 saturated carbocycles. The summed E-state index contributed by atoms with van der Waals surface area (Å²) in [4.78, 5) is 35.3. The molecule has 0 rings (SSSR count). The molecule has 0 spiro atoms. The molecule has 0 saturated heterocycles. The van der Waals surface area contributed by atoms with Crippen LogP contribution in [0.4, 0.5) is 0 Å². The van der Waals surface area contributed by atoms with Gasteiger partial charge in [-0.25, -0.2) is 4.57 Å². The van der Waals surface area contributed by atoms with Gasteiger partial charge in [-0.1, -0.05) is 127 Å². The zero-order valence-electron chi connectivity index (χ0n) is 35.2. The van der Waals surface area contributed by atoms with Crippen LogP contribution in [0.3, 0.4) is 0 Å². The van der Waals surface area contributed by atoms with Crippen LogP contribution >= 0.6 is 7.82 Å². The Bertz CT molecular complexity index is 1070. The third-order valence-electron chi connectivity index (χ3n) is 8.83. The Morgan fingerprint density at radius 2 is 1.00 bits per heavy atom. The maximum Gasteiger partial charge on any atom is 0.472 e. The highest BCUT2D eigenvalue weighted by Gasteiger charge is 2.27. The van der Waals surface area contributed by atoms with Crippen LogP contribution in [0.25, 0.3) is 0 Å². The molecule has 0 aromatic carbocycles. The van der Waals surface area contributed by atoms with Gasteiger partial charge in [0.05, 0.1) is 27.7 Å². The van der Waals surface area contributed by atoms with Crippen LogP contribution in [0, 0.1) is 0 Å². The summed E-state index contributed by atoms with van der Waals surface area (Å²) in [5, 5.41) is 0. The molecule has 0 fully saturated rings. The normalized spacial score (nSPS) is 14.1. The molecule has 314 valence electrons. The van der Waals surface area contributed by atoms with Crippen LogP contribution in [0.2, 0.25) is 0 Å². The fourth-order valence-corrected chi connectivity index (χ4v) is 6.17. The molecule has 1 N–H and O–H groups in total. The quantitative estimate of drug-likeness (QED) is 0.0217. The molecule has 0 aliphatic carbocycles. The average Bonchev–Trinajstić information content (AvgIpc) is 3.12. The number of allylic oxidation sites excluding steroid dienone is 8. The van der Waals surface area contributed by atoms with Gasteiger partial charge < -0.3 is 18.9 Å². The van der Waals surface area contributed by atoms with E-state index < -0.39 is 32.5 Å². The molecule has 1 unspecified atom stereocenters. The fraction of sp³-hybridized carbons (Fsp3) is 0.773. The Labute approximate surface area is 331 Å². The van der Waals surface area contributed by atoms with Gasteiger partial charge in [0.15, 0.2) is 6.10 Å². The van der Waals surface area contributed by atoms with Crippen LogP contribution in [0.5, 0.6) is 0 Å². The number of hydrogen-bond donors (Lipinski definition) is 1. The second-order valence-corrected chi connectivity index (χ2v) is 16.8. The summed E-state index contributed by atoms with van der Waals surface area (Å²) < 4.78 is 34.2. The highest BCUT2D eigenvalue weighted by Crippen LogP contribution is 2.43. The van der Waals surface area contributed by atoms with E-state index in [-0.39, 0.29) is 26.1 Å². The lowest BCUT2D eigenvalue weighted by molar-refractivity contribution is -0.870. The van der Waals surface area contributed by atoms with Gasteiger partial charge in [0.1, 0.15) is 19.8 Å². The van der Waals surface area contributed by atoms with Crippen molar-refractivity contribution in [1.82, 2.24) is 0 Å². The number of carbonyl (C=O) groups is 2. The van der Waals surface area contributed by atoms with E-state index in [1.807, 2.05) is 21.1 Å². The Hall–Kier alpha value is -2.03. The van der Waals surface area contributed by atoms with Crippen molar-refractivity contribution in [3.8, 4) is 0 Å². The first-order valence-electron chi connectivity index (χ1n) is 21.4. The molecular weight excluding hydrogens is 701 g/mol. The summed E-state index contributed by atoms with van der Waals surface area (Å²) in [6.45, 7) is 4.33. The van der Waals surface area contributed by atoms with Crippen molar-refractivity contribution >= 4 is 19.8 Å². The monoisotopic (exact) mass is 783 g/mol. The molecule has 0 radical (unpaired) electrons. The Kier molecular flexibility index (Phi) is 35.2. The molecule has 9 nitrogen and oxygen atoms in total. The molecule has 0 bridgehead atoms. The number of rotatable bonds is 38. The first-order valence-corrected chi connectivity index (χ1v) is 22.9. The molecule has 0 aromatic rings. The molecule has 10 heteroatoms. The number of unbranched alkanes of at least 4 members (excludes halogenated alkanes) is 16. The van der Waals surface area contributed by atoms with Crippen LogP contribution < -0.4 is 0 Å². The number of ether oxygens (including phenoxy) is 2. The Morgan fingerprint density at radius 3 is 1.54 bits per heavy atom. The maximum absolute atomic E-state index is 12.6. The molecule has 0 heterocycles. The highest BCUT2D eigenvalue weighted by atomic mass is 31.2. The van der Waals surface area contributed by atoms with E-state index in [1.54, 1.807) is 0 Å². The van der Waals surface area contributed by atoms with E-state index in [2.05, 4.69) is 62.5 Å². The molecule has 0 aliphatic heterocycles. The molecular formula is C44H81NO8P+. The SMILES string of the molecule is CCCCC/C=C/C/C=C/C/C=C/CCCCCCC(=O)OC[C@H](COP(=O)(O)OCC[N+](C)(C)C)OC(=O)CCCCCCC/C=C/CCCCCC. The largest absolute Gasteiger partial charge is 0.472 e. The molecule has 2 atom stereocenters. The highest BCUT2D eigenvalue weighted by molar-refractivity contribution is 7.47. The van der Waals surface area contributed by atoms with Crippen molar-refractivity contribution in [2.75, 3.05) is 47.5 Å². The van der Waals surface area contributed by atoms with E-state index in [0.717, 1.165) is 70.6 Å². The summed E-state index contributed by atoms with van der Waals surface area (Å²) >= 11 is 0. The van der Waals surface area contributed by atoms with Gasteiger partial charge in [-0.3, -0.25) is 18.6 Å². The number of quaternary nitrogens is 1. The number of carbonyl (C=O) groups excluding carboxylic acids is 2. The smallest absolute Gasteiger partial charge is 0.462 e. The lowest BCUT2D eigenvalue weighted by atomic mass is 10.1. The second kappa shape index (κ2) is 36.6. The predicted molar refractivity (Wildman–Crippen MR) is 224 cm³/mol. The van der Waals surface area contributed by atoms with Crippen molar-refractivity contribution in [2.45, 2.75) is 174 Å². The number of phosphoric acid groups is 1. The summed E-state index contributed by atoms with van der Waals surface area (Å²) in [5.74, 6) is -0.837. The minimum atomic E-state index is -4.38. The van der Waals surface area contributed by atoms with Crippen molar-refractivity contribution in [1.29, 1.82) is 0 Å². The van der Waals surface area contributed by atoms with Crippen molar-refractivity contribution in [3.05, 3.63) is 48.6 Å². The first kappa shape index (κ1) is 52.0. The van der Waals surface area contributed by atoms with E-state index in [9.17, 15) is 19.0 Å². The summed E-state index contributed by atoms with van der Waals surface area (Å²) in [6, 6.07) is 0. The first-order chi connectivity index (χ1) is 26.0. The molecule has 0 amide bonds. The number of hydrogen-bond acceptors (Lipinski definition) is 7. The summed E-state index contributed by atoms with van der Waals surface area (Å²) in [7, 11) is 1.45. The molecule has 0 aromatic heterocycles. The number of esters is 2. The Morgan fingerprint density at radius 1 is 0.574 bits per heavy atom. The van der Waals surface area contributed by atoms with Gasteiger partial charge in [0.2, 0.25) is 0 Å². The van der Waals surface area contributed by atoms with E-state index in [1.165, 1.54) is 57.8 Å². The minimum Gasteiger partial charge on any atom is -0.462 e. The lowest BCUT2D eigenvalue weighted by Crippen LogP contribution is -2.37. The molecule has 0 aliphatic rings. The zero-order chi connectivity index (χ0) is 40.0. The topological polar surface area (TPSA) is 108 Å². The number of likely N-dealkylation sites (N-methyl/N-ethyl adjacent to an activating group) is 1. The van der Waals surface area contributed by atoms with Gasteiger partial charge >= 0.3 is 19.8 Å². The molecule has 54 heavy (non-hydrogen) atoms. The lowest BCUT2D eigenvalue weighted by Gasteiger charge is -2.24. The van der Waals surface area contributed by atoms with E-state index in [0.29, 0.717) is 23.9 Å². The average molecular weight is 783 g/mol.